The summed E-state index contributed by atoms with van der Waals surface area (Å²) >= 11 is 3.59. The number of hydrogen-bond donors (Lipinski definition) is 1. The first kappa shape index (κ1) is 24.6. The number of benzene rings is 3. The summed E-state index contributed by atoms with van der Waals surface area (Å²) in [6.07, 6.45) is 0.823. The summed E-state index contributed by atoms with van der Waals surface area (Å²) in [6, 6.07) is 18.5. The first-order valence-electron chi connectivity index (χ1n) is 10.9. The summed E-state index contributed by atoms with van der Waals surface area (Å²) in [4.78, 5) is 27.4. The number of amides is 2. The number of nitrogens with one attached hydrogen (secondary N) is 1. The Bertz CT molecular complexity index is 1100. The van der Waals surface area contributed by atoms with Crippen LogP contribution in [-0.2, 0) is 16.1 Å². The lowest BCUT2D eigenvalue weighted by atomic mass is 10.1. The molecule has 6 nitrogen and oxygen atoms in total. The van der Waals surface area contributed by atoms with Gasteiger partial charge < -0.3 is 19.7 Å². The zero-order chi connectivity index (χ0) is 23.8. The molecule has 0 aliphatic rings. The van der Waals surface area contributed by atoms with Crippen LogP contribution < -0.4 is 14.8 Å². The molecular weight excluding hydrogens is 484 g/mol. The maximum Gasteiger partial charge on any atom is 0.261 e. The summed E-state index contributed by atoms with van der Waals surface area (Å²) in [5, 5.41) is 4.95. The molecule has 0 spiro atoms. The maximum atomic E-state index is 13.2. The maximum absolute atomic E-state index is 13.2. The molecule has 2 amide bonds. The van der Waals surface area contributed by atoms with Crippen molar-refractivity contribution in [3.63, 3.8) is 0 Å². The van der Waals surface area contributed by atoms with Crippen LogP contribution in [0.5, 0.6) is 11.5 Å². The lowest BCUT2D eigenvalue weighted by Crippen LogP contribution is -2.49. The molecule has 33 heavy (non-hydrogen) atoms. The monoisotopic (exact) mass is 512 g/mol. The SMILES string of the molecule is CCCNC(=O)[C@H](C)N(Cc1ccc(OC)cc1)C(=O)COc1ccc2ccccc2c1Br. The van der Waals surface area contributed by atoms with Crippen molar-refractivity contribution in [2.75, 3.05) is 20.3 Å². The van der Waals surface area contributed by atoms with E-state index in [1.807, 2.05) is 67.6 Å². The van der Waals surface area contributed by atoms with Crippen LogP contribution in [0.3, 0.4) is 0 Å². The van der Waals surface area contributed by atoms with Gasteiger partial charge in [0.1, 0.15) is 17.5 Å². The molecule has 0 bridgehead atoms. The Morgan fingerprint density at radius 1 is 1.06 bits per heavy atom. The average Bonchev–Trinajstić information content (AvgIpc) is 2.85. The van der Waals surface area contributed by atoms with E-state index in [1.54, 1.807) is 18.9 Å². The summed E-state index contributed by atoms with van der Waals surface area (Å²) in [5.41, 5.74) is 0.895. The van der Waals surface area contributed by atoms with E-state index in [0.29, 0.717) is 12.3 Å². The van der Waals surface area contributed by atoms with Gasteiger partial charge in [-0.2, -0.15) is 0 Å². The van der Waals surface area contributed by atoms with Crippen molar-refractivity contribution in [1.82, 2.24) is 10.2 Å². The molecule has 0 aliphatic heterocycles. The Morgan fingerprint density at radius 2 is 1.79 bits per heavy atom. The van der Waals surface area contributed by atoms with Gasteiger partial charge in [0.25, 0.3) is 5.91 Å². The third-order valence-electron chi connectivity index (χ3n) is 5.41. The Morgan fingerprint density at radius 3 is 2.48 bits per heavy atom. The highest BCUT2D eigenvalue weighted by atomic mass is 79.9. The van der Waals surface area contributed by atoms with Crippen LogP contribution >= 0.6 is 15.9 Å². The first-order chi connectivity index (χ1) is 15.9. The summed E-state index contributed by atoms with van der Waals surface area (Å²) in [5.74, 6) is 0.847. The van der Waals surface area contributed by atoms with E-state index in [0.717, 1.165) is 33.0 Å². The van der Waals surface area contributed by atoms with Gasteiger partial charge in [-0.15, -0.1) is 0 Å². The smallest absolute Gasteiger partial charge is 0.261 e. The van der Waals surface area contributed by atoms with E-state index >= 15 is 0 Å². The van der Waals surface area contributed by atoms with Crippen molar-refractivity contribution in [2.45, 2.75) is 32.9 Å². The Hall–Kier alpha value is -3.06. The minimum absolute atomic E-state index is 0.182. The largest absolute Gasteiger partial charge is 0.497 e. The second-order valence-electron chi connectivity index (χ2n) is 7.72. The number of rotatable bonds is 10. The van der Waals surface area contributed by atoms with E-state index in [2.05, 4.69) is 21.2 Å². The van der Waals surface area contributed by atoms with E-state index in [1.165, 1.54) is 0 Å². The zero-order valence-corrected chi connectivity index (χ0v) is 20.7. The Balaban J connectivity index is 1.77. The Kier molecular flexibility index (Phi) is 8.72. The topological polar surface area (TPSA) is 67.9 Å². The third kappa shape index (κ3) is 6.26. The van der Waals surface area contributed by atoms with E-state index in [4.69, 9.17) is 9.47 Å². The number of methoxy groups -OCH3 is 1. The highest BCUT2D eigenvalue weighted by Crippen LogP contribution is 2.33. The Labute approximate surface area is 203 Å². The van der Waals surface area contributed by atoms with E-state index in [-0.39, 0.29) is 25.0 Å². The fourth-order valence-corrected chi connectivity index (χ4v) is 4.06. The molecule has 3 rings (SSSR count). The number of carbonyl (C=O) groups excluding carboxylic acids is 2. The number of halogens is 1. The second-order valence-corrected chi connectivity index (χ2v) is 8.52. The normalized spacial score (nSPS) is 11.6. The standard InChI is InChI=1S/C26H29BrN2O4/c1-4-15-28-26(31)18(2)29(16-19-9-12-21(32-3)13-10-19)24(30)17-33-23-14-11-20-7-5-6-8-22(20)25(23)27/h5-14,18H,4,15-17H2,1-3H3,(H,28,31)/t18-/m0/s1. The summed E-state index contributed by atoms with van der Waals surface area (Å²) in [6.45, 7) is 4.39. The molecule has 0 fully saturated rings. The number of nitrogens with zero attached hydrogens (tertiary/aromatic N) is 1. The van der Waals surface area contributed by atoms with Crippen LogP contribution in [-0.4, -0.2) is 43.0 Å². The molecule has 0 saturated carbocycles. The van der Waals surface area contributed by atoms with Gasteiger partial charge in [-0.25, -0.2) is 0 Å². The molecule has 0 aromatic heterocycles. The molecule has 0 heterocycles. The van der Waals surface area contributed by atoms with Crippen molar-refractivity contribution >= 4 is 38.5 Å². The van der Waals surface area contributed by atoms with Gasteiger partial charge in [0.05, 0.1) is 11.6 Å². The fraction of sp³-hybridized carbons (Fsp3) is 0.308. The van der Waals surface area contributed by atoms with Crippen molar-refractivity contribution in [3.8, 4) is 11.5 Å². The average molecular weight is 513 g/mol. The van der Waals surface area contributed by atoms with Crippen molar-refractivity contribution < 1.29 is 19.1 Å². The van der Waals surface area contributed by atoms with Crippen molar-refractivity contribution in [1.29, 1.82) is 0 Å². The molecule has 1 N–H and O–H groups in total. The molecular formula is C26H29BrN2O4. The van der Waals surface area contributed by atoms with Gasteiger partial charge in [0, 0.05) is 13.1 Å². The summed E-state index contributed by atoms with van der Waals surface area (Å²) in [7, 11) is 1.60. The van der Waals surface area contributed by atoms with Crippen molar-refractivity contribution in [3.05, 3.63) is 70.7 Å². The lowest BCUT2D eigenvalue weighted by molar-refractivity contribution is -0.142. The summed E-state index contributed by atoms with van der Waals surface area (Å²) < 4.78 is 11.9. The fourth-order valence-electron chi connectivity index (χ4n) is 3.45. The van der Waals surface area contributed by atoms with Crippen LogP contribution in [0.15, 0.2) is 65.1 Å². The molecule has 0 unspecified atom stereocenters. The van der Waals surface area contributed by atoms with Gasteiger partial charge in [-0.1, -0.05) is 49.4 Å². The highest BCUT2D eigenvalue weighted by Gasteiger charge is 2.26. The molecule has 0 saturated heterocycles. The molecule has 1 atom stereocenters. The predicted octanol–water partition coefficient (Wildman–Crippen LogP) is 4.93. The first-order valence-corrected chi connectivity index (χ1v) is 11.7. The van der Waals surface area contributed by atoms with E-state index < -0.39 is 6.04 Å². The van der Waals surface area contributed by atoms with Gasteiger partial charge in [0.2, 0.25) is 5.91 Å². The van der Waals surface area contributed by atoms with Crippen LogP contribution in [0.2, 0.25) is 0 Å². The van der Waals surface area contributed by atoms with Crippen LogP contribution in [0.25, 0.3) is 10.8 Å². The predicted molar refractivity (Wildman–Crippen MR) is 133 cm³/mol. The molecule has 7 heteroatoms. The number of carbonyl (C=O) groups is 2. The minimum Gasteiger partial charge on any atom is -0.497 e. The van der Waals surface area contributed by atoms with Gasteiger partial charge >= 0.3 is 0 Å². The van der Waals surface area contributed by atoms with Gasteiger partial charge in [-0.05, 0) is 63.8 Å². The molecule has 0 radical (unpaired) electrons. The minimum atomic E-state index is -0.644. The lowest BCUT2D eigenvalue weighted by Gasteiger charge is -2.29. The number of hydrogen-bond acceptors (Lipinski definition) is 4. The number of ether oxygens (including phenoxy) is 2. The quantitative estimate of drug-likeness (QED) is 0.418. The third-order valence-corrected chi connectivity index (χ3v) is 6.23. The molecule has 3 aromatic carbocycles. The van der Waals surface area contributed by atoms with Crippen molar-refractivity contribution in [2.24, 2.45) is 0 Å². The van der Waals surface area contributed by atoms with E-state index in [9.17, 15) is 9.59 Å². The van der Waals surface area contributed by atoms with Crippen LogP contribution in [0.4, 0.5) is 0 Å². The molecule has 0 aliphatic carbocycles. The van der Waals surface area contributed by atoms with Gasteiger partial charge in [0.15, 0.2) is 6.61 Å². The molecule has 174 valence electrons. The highest BCUT2D eigenvalue weighted by molar-refractivity contribution is 9.10. The van der Waals surface area contributed by atoms with Crippen LogP contribution in [0.1, 0.15) is 25.8 Å². The number of fused-ring (bicyclic) bond motifs is 1. The second kappa shape index (κ2) is 11.7. The van der Waals surface area contributed by atoms with Crippen LogP contribution in [0, 0.1) is 0 Å². The molecule has 3 aromatic rings. The zero-order valence-electron chi connectivity index (χ0n) is 19.1. The van der Waals surface area contributed by atoms with Gasteiger partial charge in [-0.3, -0.25) is 9.59 Å².